The fraction of sp³-hybridized carbons (Fsp3) is 0.389. The summed E-state index contributed by atoms with van der Waals surface area (Å²) in [5, 5.41) is 7.21. The van der Waals surface area contributed by atoms with Crippen LogP contribution in [0.1, 0.15) is 34.2 Å². The third kappa shape index (κ3) is 3.28. The fourth-order valence-corrected chi connectivity index (χ4v) is 3.26. The summed E-state index contributed by atoms with van der Waals surface area (Å²) >= 11 is 0. The van der Waals surface area contributed by atoms with E-state index in [-0.39, 0.29) is 11.9 Å². The van der Waals surface area contributed by atoms with Gasteiger partial charge in [0.25, 0.3) is 5.91 Å². The SMILES string of the molecule is Cc1ccccc1NC(=O)[C@@H](C)N1CCc2c(c(C(N)=O)nn2C)C1. The van der Waals surface area contributed by atoms with E-state index in [1.54, 1.807) is 4.68 Å². The van der Waals surface area contributed by atoms with Gasteiger partial charge < -0.3 is 11.1 Å². The van der Waals surface area contributed by atoms with Crippen molar-refractivity contribution in [2.75, 3.05) is 11.9 Å². The molecule has 0 bridgehead atoms. The highest BCUT2D eigenvalue weighted by molar-refractivity contribution is 5.95. The average Bonchev–Trinajstić information content (AvgIpc) is 2.93. The maximum atomic E-state index is 12.6. The quantitative estimate of drug-likeness (QED) is 0.874. The smallest absolute Gasteiger partial charge is 0.269 e. The van der Waals surface area contributed by atoms with Gasteiger partial charge in [0, 0.05) is 43.5 Å². The van der Waals surface area contributed by atoms with Crippen LogP contribution in [-0.4, -0.2) is 39.1 Å². The van der Waals surface area contributed by atoms with Crippen molar-refractivity contribution in [3.8, 4) is 0 Å². The van der Waals surface area contributed by atoms with Crippen LogP contribution in [0.5, 0.6) is 0 Å². The van der Waals surface area contributed by atoms with E-state index in [2.05, 4.69) is 10.4 Å². The van der Waals surface area contributed by atoms with Gasteiger partial charge in [-0.05, 0) is 25.5 Å². The number of para-hydroxylation sites is 1. The number of carbonyl (C=O) groups is 2. The zero-order valence-corrected chi connectivity index (χ0v) is 14.7. The number of fused-ring (bicyclic) bond motifs is 1. The van der Waals surface area contributed by atoms with Crippen LogP contribution in [-0.2, 0) is 24.8 Å². The Morgan fingerprint density at radius 1 is 1.32 bits per heavy atom. The van der Waals surface area contributed by atoms with E-state index in [9.17, 15) is 9.59 Å². The predicted octanol–water partition coefficient (Wildman–Crippen LogP) is 1.21. The van der Waals surface area contributed by atoms with E-state index in [1.807, 2.05) is 50.1 Å². The molecule has 0 saturated heterocycles. The second-order valence-electron chi connectivity index (χ2n) is 6.46. The molecule has 1 aliphatic heterocycles. The van der Waals surface area contributed by atoms with Crippen LogP contribution in [0.4, 0.5) is 5.69 Å². The Bertz CT molecular complexity index is 827. The molecule has 2 amide bonds. The minimum absolute atomic E-state index is 0.0673. The summed E-state index contributed by atoms with van der Waals surface area (Å²) in [5.41, 5.74) is 9.42. The third-order valence-electron chi connectivity index (χ3n) is 4.84. The number of aryl methyl sites for hydroxylation is 2. The van der Waals surface area contributed by atoms with Gasteiger partial charge in [0.05, 0.1) is 6.04 Å². The molecule has 0 fully saturated rings. The average molecular weight is 341 g/mol. The number of benzene rings is 1. The van der Waals surface area contributed by atoms with Crippen LogP contribution in [0.25, 0.3) is 0 Å². The lowest BCUT2D eigenvalue weighted by atomic mass is 10.0. The molecule has 0 radical (unpaired) electrons. The largest absolute Gasteiger partial charge is 0.364 e. The molecule has 1 aliphatic rings. The number of primary amides is 1. The molecule has 7 nitrogen and oxygen atoms in total. The number of hydrogen-bond acceptors (Lipinski definition) is 4. The van der Waals surface area contributed by atoms with Crippen molar-refractivity contribution in [1.29, 1.82) is 0 Å². The Morgan fingerprint density at radius 2 is 2.04 bits per heavy atom. The molecule has 0 aliphatic carbocycles. The molecule has 1 aromatic carbocycles. The lowest BCUT2D eigenvalue weighted by molar-refractivity contribution is -0.121. The van der Waals surface area contributed by atoms with E-state index in [4.69, 9.17) is 5.73 Å². The molecular weight excluding hydrogens is 318 g/mol. The molecule has 132 valence electrons. The van der Waals surface area contributed by atoms with Crippen LogP contribution >= 0.6 is 0 Å². The summed E-state index contributed by atoms with van der Waals surface area (Å²) in [5.74, 6) is -0.599. The number of anilines is 1. The van der Waals surface area contributed by atoms with E-state index in [1.165, 1.54) is 0 Å². The number of aromatic nitrogens is 2. The van der Waals surface area contributed by atoms with Crippen molar-refractivity contribution in [2.45, 2.75) is 32.9 Å². The summed E-state index contributed by atoms with van der Waals surface area (Å²) in [7, 11) is 1.81. The lowest BCUT2D eigenvalue weighted by Gasteiger charge is -2.32. The Labute approximate surface area is 146 Å². The first-order valence-electron chi connectivity index (χ1n) is 8.33. The van der Waals surface area contributed by atoms with Crippen LogP contribution in [0, 0.1) is 6.92 Å². The monoisotopic (exact) mass is 341 g/mol. The van der Waals surface area contributed by atoms with Gasteiger partial charge in [0.1, 0.15) is 0 Å². The molecule has 0 saturated carbocycles. The second kappa shape index (κ2) is 6.68. The molecule has 2 heterocycles. The molecule has 25 heavy (non-hydrogen) atoms. The predicted molar refractivity (Wildman–Crippen MR) is 95.1 cm³/mol. The maximum absolute atomic E-state index is 12.6. The minimum Gasteiger partial charge on any atom is -0.364 e. The van der Waals surface area contributed by atoms with Crippen molar-refractivity contribution >= 4 is 17.5 Å². The summed E-state index contributed by atoms with van der Waals surface area (Å²) in [6.07, 6.45) is 0.730. The summed E-state index contributed by atoms with van der Waals surface area (Å²) in [6, 6.07) is 7.36. The second-order valence-corrected chi connectivity index (χ2v) is 6.46. The number of carbonyl (C=O) groups excluding carboxylic acids is 2. The Kier molecular flexibility index (Phi) is 4.59. The third-order valence-corrected chi connectivity index (χ3v) is 4.84. The van der Waals surface area contributed by atoms with Crippen molar-refractivity contribution in [2.24, 2.45) is 12.8 Å². The molecule has 7 heteroatoms. The van der Waals surface area contributed by atoms with Gasteiger partial charge in [-0.3, -0.25) is 19.2 Å². The molecule has 2 aromatic rings. The lowest BCUT2D eigenvalue weighted by Crippen LogP contribution is -2.45. The Hall–Kier alpha value is -2.67. The topological polar surface area (TPSA) is 93.2 Å². The molecule has 1 aromatic heterocycles. The van der Waals surface area contributed by atoms with E-state index < -0.39 is 5.91 Å². The van der Waals surface area contributed by atoms with Crippen molar-refractivity contribution in [3.05, 3.63) is 46.8 Å². The fourth-order valence-electron chi connectivity index (χ4n) is 3.26. The van der Waals surface area contributed by atoms with Crippen molar-refractivity contribution in [1.82, 2.24) is 14.7 Å². The van der Waals surface area contributed by atoms with Gasteiger partial charge in [-0.25, -0.2) is 0 Å². The van der Waals surface area contributed by atoms with Gasteiger partial charge in [-0.15, -0.1) is 0 Å². The summed E-state index contributed by atoms with van der Waals surface area (Å²) in [4.78, 5) is 26.3. The van der Waals surface area contributed by atoms with Gasteiger partial charge in [0.2, 0.25) is 5.91 Å². The van der Waals surface area contributed by atoms with Crippen LogP contribution in [0.2, 0.25) is 0 Å². The summed E-state index contributed by atoms with van der Waals surface area (Å²) in [6.45, 7) is 5.05. The molecule has 3 N–H and O–H groups in total. The number of amides is 2. The molecule has 0 spiro atoms. The number of nitrogens with zero attached hydrogens (tertiary/aromatic N) is 3. The number of rotatable bonds is 4. The van der Waals surface area contributed by atoms with Gasteiger partial charge in [-0.1, -0.05) is 18.2 Å². The van der Waals surface area contributed by atoms with E-state index in [0.29, 0.717) is 12.2 Å². The maximum Gasteiger partial charge on any atom is 0.269 e. The Balaban J connectivity index is 1.76. The zero-order valence-electron chi connectivity index (χ0n) is 14.7. The van der Waals surface area contributed by atoms with Gasteiger partial charge in [-0.2, -0.15) is 5.10 Å². The molecular formula is C18H23N5O2. The molecule has 3 rings (SSSR count). The highest BCUT2D eigenvalue weighted by Gasteiger charge is 2.30. The first kappa shape index (κ1) is 17.2. The van der Waals surface area contributed by atoms with E-state index >= 15 is 0 Å². The highest BCUT2D eigenvalue weighted by Crippen LogP contribution is 2.24. The van der Waals surface area contributed by atoms with Crippen LogP contribution in [0.15, 0.2) is 24.3 Å². The standard InChI is InChI=1S/C18H23N5O2/c1-11-6-4-5-7-14(11)20-18(25)12(2)23-9-8-15-13(10-23)16(17(19)24)21-22(15)3/h4-7,12H,8-10H2,1-3H3,(H2,19,24)(H,20,25)/t12-/m1/s1. The number of hydrogen-bond donors (Lipinski definition) is 2. The highest BCUT2D eigenvalue weighted by atomic mass is 16.2. The Morgan fingerprint density at radius 3 is 2.72 bits per heavy atom. The van der Waals surface area contributed by atoms with Crippen molar-refractivity contribution < 1.29 is 9.59 Å². The normalized spacial score (nSPS) is 15.5. The van der Waals surface area contributed by atoms with Gasteiger partial charge >= 0.3 is 0 Å². The number of nitrogens with two attached hydrogens (primary N) is 1. The first-order valence-corrected chi connectivity index (χ1v) is 8.33. The first-order chi connectivity index (χ1) is 11.9. The molecule has 1 atom stereocenters. The van der Waals surface area contributed by atoms with Crippen molar-refractivity contribution in [3.63, 3.8) is 0 Å². The molecule has 0 unspecified atom stereocenters. The minimum atomic E-state index is -0.532. The van der Waals surface area contributed by atoms with Crippen LogP contribution in [0.3, 0.4) is 0 Å². The number of nitrogens with one attached hydrogen (secondary N) is 1. The summed E-state index contributed by atoms with van der Waals surface area (Å²) < 4.78 is 1.71. The van der Waals surface area contributed by atoms with Gasteiger partial charge in [0.15, 0.2) is 5.69 Å². The van der Waals surface area contributed by atoms with E-state index in [0.717, 1.165) is 35.5 Å². The van der Waals surface area contributed by atoms with Crippen LogP contribution < -0.4 is 11.1 Å². The zero-order chi connectivity index (χ0) is 18.1.